The maximum absolute atomic E-state index is 15.0. The number of aryl methyl sites for hydroxylation is 1. The molecular weight excluding hydrogens is 323 g/mol. The fourth-order valence-electron chi connectivity index (χ4n) is 4.13. The normalized spacial score (nSPS) is 18.5. The molecule has 0 bridgehead atoms. The van der Waals surface area contributed by atoms with Crippen molar-refractivity contribution in [1.82, 2.24) is 9.88 Å². The summed E-state index contributed by atoms with van der Waals surface area (Å²) in [6.45, 7) is 2.55. The highest BCUT2D eigenvalue weighted by Gasteiger charge is 2.47. The molecule has 5 nitrogen and oxygen atoms in total. The molecular formula is C19H21FN2O3. The summed E-state index contributed by atoms with van der Waals surface area (Å²) in [5.41, 5.74) is 1.02. The van der Waals surface area contributed by atoms with E-state index in [1.165, 1.54) is 12.3 Å². The summed E-state index contributed by atoms with van der Waals surface area (Å²) in [7, 11) is 1.85. The van der Waals surface area contributed by atoms with Crippen molar-refractivity contribution in [3.05, 3.63) is 45.0 Å². The largest absolute Gasteiger partial charge is 0.477 e. The number of pyridine rings is 1. The monoisotopic (exact) mass is 344 g/mol. The summed E-state index contributed by atoms with van der Waals surface area (Å²) in [5, 5.41) is 12.7. The first-order valence-corrected chi connectivity index (χ1v) is 8.66. The molecule has 2 aromatic rings. The number of aromatic nitrogens is 1. The third kappa shape index (κ3) is 2.39. The van der Waals surface area contributed by atoms with Gasteiger partial charge in [0.15, 0.2) is 0 Å². The van der Waals surface area contributed by atoms with Gasteiger partial charge < -0.3 is 15.0 Å². The van der Waals surface area contributed by atoms with Crippen molar-refractivity contribution in [3.63, 3.8) is 0 Å². The molecule has 0 spiro atoms. The highest BCUT2D eigenvalue weighted by atomic mass is 19.1. The Balaban J connectivity index is 2.07. The molecule has 0 amide bonds. The van der Waals surface area contributed by atoms with Gasteiger partial charge in [0.1, 0.15) is 11.4 Å². The summed E-state index contributed by atoms with van der Waals surface area (Å²) < 4.78 is 16.9. The number of benzene rings is 1. The van der Waals surface area contributed by atoms with Gasteiger partial charge in [0.05, 0.1) is 5.52 Å². The molecule has 2 aliphatic carbocycles. The Morgan fingerprint density at radius 2 is 2.12 bits per heavy atom. The zero-order valence-corrected chi connectivity index (χ0v) is 14.4. The molecule has 0 unspecified atom stereocenters. The van der Waals surface area contributed by atoms with Crippen LogP contribution in [0.1, 0.15) is 53.2 Å². The van der Waals surface area contributed by atoms with Crippen molar-refractivity contribution in [3.8, 4) is 0 Å². The van der Waals surface area contributed by atoms with Crippen molar-refractivity contribution in [2.75, 3.05) is 13.6 Å². The minimum atomic E-state index is -1.27. The van der Waals surface area contributed by atoms with Gasteiger partial charge in [-0.25, -0.2) is 9.18 Å². The number of carboxylic acids is 1. The van der Waals surface area contributed by atoms with E-state index in [9.17, 15) is 19.1 Å². The van der Waals surface area contributed by atoms with Crippen molar-refractivity contribution in [2.45, 2.75) is 44.1 Å². The lowest BCUT2D eigenvalue weighted by Gasteiger charge is -2.22. The van der Waals surface area contributed by atoms with Crippen LogP contribution in [0.3, 0.4) is 0 Å². The minimum Gasteiger partial charge on any atom is -0.477 e. The van der Waals surface area contributed by atoms with Gasteiger partial charge in [0, 0.05) is 35.1 Å². The lowest BCUT2D eigenvalue weighted by Crippen LogP contribution is -2.27. The molecule has 0 atom stereocenters. The molecule has 6 heteroatoms. The van der Waals surface area contributed by atoms with Gasteiger partial charge in [-0.1, -0.05) is 0 Å². The van der Waals surface area contributed by atoms with Crippen LogP contribution >= 0.6 is 0 Å². The first kappa shape index (κ1) is 16.3. The standard InChI is InChI=1S/C19H21FN2O3/c1-10-15(19(5-6-19)9-21-2)14(20)7-12-16(10)22(11-3-4-11)8-13(17(12)23)18(24)25/h7-8,11,21H,3-6,9H2,1-2H3,(H,24,25). The topological polar surface area (TPSA) is 71.3 Å². The fraction of sp³-hybridized carbons (Fsp3) is 0.474. The van der Waals surface area contributed by atoms with E-state index in [1.54, 1.807) is 0 Å². The summed E-state index contributed by atoms with van der Waals surface area (Å²) in [5.74, 6) is -1.67. The first-order valence-electron chi connectivity index (χ1n) is 8.66. The second kappa shape index (κ2) is 5.39. The average molecular weight is 344 g/mol. The fourth-order valence-corrected chi connectivity index (χ4v) is 4.13. The number of nitrogens with zero attached hydrogens (tertiary/aromatic N) is 1. The van der Waals surface area contributed by atoms with E-state index >= 15 is 0 Å². The van der Waals surface area contributed by atoms with Crippen LogP contribution in [0.4, 0.5) is 4.39 Å². The molecule has 1 aromatic carbocycles. The highest BCUT2D eigenvalue weighted by molar-refractivity contribution is 5.94. The summed E-state index contributed by atoms with van der Waals surface area (Å²) in [4.78, 5) is 24.0. The Bertz CT molecular complexity index is 956. The van der Waals surface area contributed by atoms with Gasteiger partial charge in [-0.15, -0.1) is 0 Å². The van der Waals surface area contributed by atoms with Crippen LogP contribution in [-0.4, -0.2) is 29.2 Å². The van der Waals surface area contributed by atoms with E-state index in [1.807, 2.05) is 18.5 Å². The second-order valence-corrected chi connectivity index (χ2v) is 7.38. The number of fused-ring (bicyclic) bond motifs is 1. The number of nitrogens with one attached hydrogen (secondary N) is 1. The zero-order valence-electron chi connectivity index (χ0n) is 14.4. The zero-order chi connectivity index (χ0) is 17.9. The number of rotatable bonds is 5. The molecule has 2 aliphatic rings. The lowest BCUT2D eigenvalue weighted by molar-refractivity contribution is 0.0695. The minimum absolute atomic E-state index is 0.172. The first-order chi connectivity index (χ1) is 11.9. The smallest absolute Gasteiger partial charge is 0.341 e. The third-order valence-corrected chi connectivity index (χ3v) is 5.58. The molecule has 25 heavy (non-hydrogen) atoms. The average Bonchev–Trinajstić information content (AvgIpc) is 3.43. The number of hydrogen-bond donors (Lipinski definition) is 2. The predicted molar refractivity (Wildman–Crippen MR) is 93.0 cm³/mol. The SMILES string of the molecule is CNCC1(c2c(F)cc3c(=O)c(C(=O)O)cn(C4CC4)c3c2C)CC1. The van der Waals surface area contributed by atoms with E-state index in [4.69, 9.17) is 0 Å². The van der Waals surface area contributed by atoms with Crippen LogP contribution in [0, 0.1) is 12.7 Å². The molecule has 1 heterocycles. The van der Waals surface area contributed by atoms with Gasteiger partial charge in [-0.05, 0) is 51.3 Å². The number of halogens is 1. The molecule has 0 radical (unpaired) electrons. The molecule has 0 aliphatic heterocycles. The summed E-state index contributed by atoms with van der Waals surface area (Å²) in [6, 6.07) is 1.44. The molecule has 0 saturated heterocycles. The number of carboxylic acid groups (broad SMARTS) is 1. The quantitative estimate of drug-likeness (QED) is 0.875. The van der Waals surface area contributed by atoms with Gasteiger partial charge in [-0.2, -0.15) is 0 Å². The second-order valence-electron chi connectivity index (χ2n) is 7.38. The molecule has 2 fully saturated rings. The Morgan fingerprint density at radius 1 is 1.44 bits per heavy atom. The Kier molecular flexibility index (Phi) is 3.51. The number of carbonyl (C=O) groups is 1. The van der Waals surface area contributed by atoms with Crippen molar-refractivity contribution >= 4 is 16.9 Å². The van der Waals surface area contributed by atoms with Crippen molar-refractivity contribution < 1.29 is 14.3 Å². The molecule has 1 aromatic heterocycles. The molecule has 2 saturated carbocycles. The highest BCUT2D eigenvalue weighted by Crippen LogP contribution is 2.51. The van der Waals surface area contributed by atoms with Gasteiger partial charge >= 0.3 is 5.97 Å². The number of hydrogen-bond acceptors (Lipinski definition) is 3. The lowest BCUT2D eigenvalue weighted by atomic mass is 9.89. The summed E-state index contributed by atoms with van der Waals surface area (Å²) >= 11 is 0. The van der Waals surface area contributed by atoms with Crippen LogP contribution in [0.15, 0.2) is 17.1 Å². The van der Waals surface area contributed by atoms with Crippen LogP contribution in [0.5, 0.6) is 0 Å². The Hall–Kier alpha value is -2.21. The van der Waals surface area contributed by atoms with Gasteiger partial charge in [0.2, 0.25) is 5.43 Å². The van der Waals surface area contributed by atoms with E-state index in [2.05, 4.69) is 5.32 Å². The number of likely N-dealkylation sites (N-methyl/N-ethyl adjacent to an activating group) is 1. The van der Waals surface area contributed by atoms with Crippen molar-refractivity contribution in [1.29, 1.82) is 0 Å². The van der Waals surface area contributed by atoms with Crippen molar-refractivity contribution in [2.24, 2.45) is 0 Å². The van der Waals surface area contributed by atoms with Crippen LogP contribution < -0.4 is 10.7 Å². The van der Waals surface area contributed by atoms with E-state index in [-0.39, 0.29) is 22.4 Å². The number of aromatic carboxylic acids is 1. The Morgan fingerprint density at radius 3 is 2.64 bits per heavy atom. The predicted octanol–water partition coefficient (Wildman–Crippen LogP) is 2.73. The molecule has 2 N–H and O–H groups in total. The van der Waals surface area contributed by atoms with Gasteiger partial charge in [0.25, 0.3) is 0 Å². The summed E-state index contributed by atoms with van der Waals surface area (Å²) in [6.07, 6.45) is 5.17. The van der Waals surface area contributed by atoms with E-state index in [0.717, 1.165) is 31.2 Å². The molecule has 132 valence electrons. The van der Waals surface area contributed by atoms with Crippen LogP contribution in [-0.2, 0) is 5.41 Å². The van der Waals surface area contributed by atoms with Crippen LogP contribution in [0.2, 0.25) is 0 Å². The maximum Gasteiger partial charge on any atom is 0.341 e. The third-order valence-electron chi connectivity index (χ3n) is 5.58. The maximum atomic E-state index is 15.0. The van der Waals surface area contributed by atoms with E-state index < -0.39 is 17.2 Å². The Labute approximate surface area is 144 Å². The van der Waals surface area contributed by atoms with E-state index in [0.29, 0.717) is 17.6 Å². The van der Waals surface area contributed by atoms with Crippen LogP contribution in [0.25, 0.3) is 10.9 Å². The molecule has 4 rings (SSSR count). The van der Waals surface area contributed by atoms with Gasteiger partial charge in [-0.3, -0.25) is 4.79 Å².